The molecule has 0 unspecified atom stereocenters. The minimum absolute atomic E-state index is 0.0105. The highest BCUT2D eigenvalue weighted by molar-refractivity contribution is 9.10. The summed E-state index contributed by atoms with van der Waals surface area (Å²) in [5.74, 6) is -0.258. The number of amides is 1. The summed E-state index contributed by atoms with van der Waals surface area (Å²) in [5.41, 5.74) is 1.35. The molecule has 0 saturated heterocycles. The van der Waals surface area contributed by atoms with Crippen LogP contribution >= 0.6 is 27.5 Å². The summed E-state index contributed by atoms with van der Waals surface area (Å²) >= 11 is 9.41. The van der Waals surface area contributed by atoms with E-state index in [9.17, 15) is 4.79 Å². The molecule has 2 aromatic carbocycles. The fraction of sp³-hybridized carbons (Fsp3) is 0.125. The average Bonchev–Trinajstić information content (AvgIpc) is 2.49. The molecule has 0 spiro atoms. The molecule has 0 fully saturated rings. The first-order valence-corrected chi connectivity index (χ1v) is 7.44. The summed E-state index contributed by atoms with van der Waals surface area (Å²) in [4.78, 5) is 14.1. The molecular formula is C16H12BrClN2O. The van der Waals surface area contributed by atoms with E-state index in [0.29, 0.717) is 17.1 Å². The Hall–Kier alpha value is -1.83. The minimum atomic E-state index is -0.258. The molecule has 5 heteroatoms. The van der Waals surface area contributed by atoms with Gasteiger partial charge in [-0.1, -0.05) is 57.9 Å². The third-order valence-electron chi connectivity index (χ3n) is 2.92. The largest absolute Gasteiger partial charge is 0.321 e. The predicted molar refractivity (Wildman–Crippen MR) is 85.9 cm³/mol. The summed E-state index contributed by atoms with van der Waals surface area (Å²) in [6.07, 6.45) is 0. The van der Waals surface area contributed by atoms with E-state index >= 15 is 0 Å². The molecule has 0 saturated carbocycles. The lowest BCUT2D eigenvalue weighted by Crippen LogP contribution is -2.31. The molecule has 3 nitrogen and oxygen atoms in total. The van der Waals surface area contributed by atoms with Crippen LogP contribution in [0.1, 0.15) is 15.9 Å². The van der Waals surface area contributed by atoms with Crippen molar-refractivity contribution in [2.75, 3.05) is 6.54 Å². The highest BCUT2D eigenvalue weighted by Crippen LogP contribution is 2.23. The van der Waals surface area contributed by atoms with Crippen LogP contribution < -0.4 is 0 Å². The van der Waals surface area contributed by atoms with Crippen LogP contribution in [0, 0.1) is 11.3 Å². The average molecular weight is 364 g/mol. The zero-order chi connectivity index (χ0) is 15.2. The van der Waals surface area contributed by atoms with Crippen LogP contribution in [-0.4, -0.2) is 17.4 Å². The lowest BCUT2D eigenvalue weighted by atomic mass is 10.1. The van der Waals surface area contributed by atoms with Crippen molar-refractivity contribution >= 4 is 33.4 Å². The van der Waals surface area contributed by atoms with Crippen LogP contribution in [-0.2, 0) is 6.54 Å². The monoisotopic (exact) mass is 362 g/mol. The molecule has 106 valence electrons. The Bertz CT molecular complexity index is 682. The summed E-state index contributed by atoms with van der Waals surface area (Å²) in [6, 6.07) is 16.7. The maximum atomic E-state index is 12.6. The quantitative estimate of drug-likeness (QED) is 0.762. The first-order chi connectivity index (χ1) is 10.1. The van der Waals surface area contributed by atoms with Gasteiger partial charge in [0.05, 0.1) is 16.7 Å². The van der Waals surface area contributed by atoms with Gasteiger partial charge in [-0.05, 0) is 23.8 Å². The van der Waals surface area contributed by atoms with Crippen molar-refractivity contribution in [3.63, 3.8) is 0 Å². The smallest absolute Gasteiger partial charge is 0.256 e. The van der Waals surface area contributed by atoms with Gasteiger partial charge in [-0.3, -0.25) is 4.79 Å². The van der Waals surface area contributed by atoms with E-state index in [1.54, 1.807) is 18.2 Å². The maximum absolute atomic E-state index is 12.6. The SMILES string of the molecule is N#CCN(Cc1ccccc1)C(=O)c1cc(Br)ccc1Cl. The van der Waals surface area contributed by atoms with Crippen molar-refractivity contribution in [3.8, 4) is 6.07 Å². The Morgan fingerprint density at radius 3 is 2.62 bits per heavy atom. The van der Waals surface area contributed by atoms with Crippen LogP contribution in [0.25, 0.3) is 0 Å². The highest BCUT2D eigenvalue weighted by atomic mass is 79.9. The molecular weight excluding hydrogens is 352 g/mol. The number of nitriles is 1. The lowest BCUT2D eigenvalue weighted by molar-refractivity contribution is 0.0765. The first-order valence-electron chi connectivity index (χ1n) is 6.27. The van der Waals surface area contributed by atoms with Crippen molar-refractivity contribution in [1.82, 2.24) is 4.90 Å². The molecule has 0 aliphatic heterocycles. The Morgan fingerprint density at radius 2 is 1.95 bits per heavy atom. The van der Waals surface area contributed by atoms with Gasteiger partial charge in [0.15, 0.2) is 0 Å². The summed E-state index contributed by atoms with van der Waals surface area (Å²) in [7, 11) is 0. The molecule has 21 heavy (non-hydrogen) atoms. The summed E-state index contributed by atoms with van der Waals surface area (Å²) in [6.45, 7) is 0.382. The van der Waals surface area contributed by atoms with Crippen LogP contribution in [0.15, 0.2) is 53.0 Å². The molecule has 0 atom stereocenters. The predicted octanol–water partition coefficient (Wildman–Crippen LogP) is 4.27. The first kappa shape index (κ1) is 15.6. The third kappa shape index (κ3) is 4.07. The van der Waals surface area contributed by atoms with Crippen LogP contribution in [0.2, 0.25) is 5.02 Å². The fourth-order valence-electron chi connectivity index (χ4n) is 1.92. The molecule has 2 aromatic rings. The zero-order valence-electron chi connectivity index (χ0n) is 11.1. The Kier molecular flexibility index (Phi) is 5.38. The second-order valence-electron chi connectivity index (χ2n) is 4.43. The molecule has 0 bridgehead atoms. The van der Waals surface area contributed by atoms with Gasteiger partial charge >= 0.3 is 0 Å². The standard InChI is InChI=1S/C16H12BrClN2O/c17-13-6-7-15(18)14(10-13)16(21)20(9-8-19)11-12-4-2-1-3-5-12/h1-7,10H,9,11H2. The van der Waals surface area contributed by atoms with Crippen molar-refractivity contribution in [1.29, 1.82) is 5.26 Å². The Morgan fingerprint density at radius 1 is 1.24 bits per heavy atom. The minimum Gasteiger partial charge on any atom is -0.321 e. The van der Waals surface area contributed by atoms with E-state index in [4.69, 9.17) is 16.9 Å². The number of carbonyl (C=O) groups excluding carboxylic acids is 1. The second-order valence-corrected chi connectivity index (χ2v) is 5.75. The Labute approximate surface area is 136 Å². The molecule has 0 heterocycles. The van der Waals surface area contributed by atoms with Gasteiger partial charge in [0.1, 0.15) is 6.54 Å². The fourth-order valence-corrected chi connectivity index (χ4v) is 2.48. The van der Waals surface area contributed by atoms with Crippen molar-refractivity contribution < 1.29 is 4.79 Å². The van der Waals surface area contributed by atoms with Crippen LogP contribution in [0.4, 0.5) is 0 Å². The van der Waals surface area contributed by atoms with Crippen molar-refractivity contribution in [3.05, 3.63) is 69.2 Å². The Balaban J connectivity index is 2.27. The van der Waals surface area contributed by atoms with Gasteiger partial charge in [-0.2, -0.15) is 5.26 Å². The molecule has 0 radical (unpaired) electrons. The number of nitrogens with zero attached hydrogens (tertiary/aromatic N) is 2. The zero-order valence-corrected chi connectivity index (χ0v) is 13.4. The van der Waals surface area contributed by atoms with Gasteiger partial charge in [-0.25, -0.2) is 0 Å². The molecule has 0 aliphatic rings. The number of hydrogen-bond acceptors (Lipinski definition) is 2. The maximum Gasteiger partial charge on any atom is 0.256 e. The van der Waals surface area contributed by atoms with Crippen molar-refractivity contribution in [2.45, 2.75) is 6.54 Å². The summed E-state index contributed by atoms with van der Waals surface area (Å²) < 4.78 is 0.770. The molecule has 0 aromatic heterocycles. The van der Waals surface area contributed by atoms with Gasteiger partial charge in [-0.15, -0.1) is 0 Å². The highest BCUT2D eigenvalue weighted by Gasteiger charge is 2.18. The number of halogens is 2. The number of rotatable bonds is 4. The normalized spacial score (nSPS) is 9.95. The van der Waals surface area contributed by atoms with Crippen LogP contribution in [0.5, 0.6) is 0 Å². The van der Waals surface area contributed by atoms with E-state index < -0.39 is 0 Å². The van der Waals surface area contributed by atoms with Gasteiger partial charge in [0.2, 0.25) is 0 Å². The van der Waals surface area contributed by atoms with Crippen LogP contribution in [0.3, 0.4) is 0 Å². The van der Waals surface area contributed by atoms with Gasteiger partial charge < -0.3 is 4.90 Å². The second kappa shape index (κ2) is 7.26. The molecule has 1 amide bonds. The number of benzene rings is 2. The third-order valence-corrected chi connectivity index (χ3v) is 3.75. The van der Waals surface area contributed by atoms with E-state index in [-0.39, 0.29) is 12.5 Å². The van der Waals surface area contributed by atoms with E-state index in [1.807, 2.05) is 36.4 Å². The van der Waals surface area contributed by atoms with Crippen molar-refractivity contribution in [2.24, 2.45) is 0 Å². The van der Waals surface area contributed by atoms with E-state index in [1.165, 1.54) is 4.90 Å². The lowest BCUT2D eigenvalue weighted by Gasteiger charge is -2.20. The molecule has 0 aliphatic carbocycles. The number of hydrogen-bond donors (Lipinski definition) is 0. The molecule has 2 rings (SSSR count). The van der Waals surface area contributed by atoms with Gasteiger partial charge in [0.25, 0.3) is 5.91 Å². The van der Waals surface area contributed by atoms with E-state index in [0.717, 1.165) is 10.0 Å². The number of carbonyl (C=O) groups is 1. The van der Waals surface area contributed by atoms with Gasteiger partial charge in [0, 0.05) is 11.0 Å². The summed E-state index contributed by atoms with van der Waals surface area (Å²) in [5, 5.41) is 9.32. The van der Waals surface area contributed by atoms with E-state index in [2.05, 4.69) is 15.9 Å². The molecule has 0 N–H and O–H groups in total. The topological polar surface area (TPSA) is 44.1 Å².